The number of fused-ring (bicyclic) bond motifs is 1. The Bertz CT molecular complexity index is 1020. The Morgan fingerprint density at radius 2 is 1.93 bits per heavy atom. The number of rotatable bonds is 4. The molecule has 6 heteroatoms. The fourth-order valence-corrected chi connectivity index (χ4v) is 3.24. The SMILES string of the molecule is CC(C)(C)c1noc(-c2ccccc2C(=O)NCc2ccc3c(c2)CNC3)n1. The first kappa shape index (κ1) is 18.4. The highest BCUT2D eigenvalue weighted by molar-refractivity contribution is 5.99. The number of nitrogens with one attached hydrogen (secondary N) is 2. The molecular weight excluding hydrogens is 352 g/mol. The maximum atomic E-state index is 12.8. The van der Waals surface area contributed by atoms with Crippen molar-refractivity contribution >= 4 is 5.91 Å². The number of hydrogen-bond acceptors (Lipinski definition) is 5. The van der Waals surface area contributed by atoms with E-state index in [2.05, 4.69) is 39.0 Å². The topological polar surface area (TPSA) is 80.0 Å². The summed E-state index contributed by atoms with van der Waals surface area (Å²) in [7, 11) is 0. The average molecular weight is 376 g/mol. The van der Waals surface area contributed by atoms with Crippen molar-refractivity contribution in [3.63, 3.8) is 0 Å². The zero-order chi connectivity index (χ0) is 19.7. The number of carbonyl (C=O) groups is 1. The zero-order valence-electron chi connectivity index (χ0n) is 16.4. The van der Waals surface area contributed by atoms with Crippen LogP contribution in [-0.4, -0.2) is 16.0 Å². The monoisotopic (exact) mass is 376 g/mol. The molecule has 28 heavy (non-hydrogen) atoms. The summed E-state index contributed by atoms with van der Waals surface area (Å²) in [4.78, 5) is 17.3. The second kappa shape index (κ2) is 7.20. The molecular formula is C22H24N4O2. The van der Waals surface area contributed by atoms with E-state index >= 15 is 0 Å². The number of aromatic nitrogens is 2. The van der Waals surface area contributed by atoms with Crippen LogP contribution in [0.15, 0.2) is 47.0 Å². The molecule has 2 heterocycles. The minimum atomic E-state index is -0.221. The molecule has 1 amide bonds. The first-order chi connectivity index (χ1) is 13.4. The number of hydrogen-bond donors (Lipinski definition) is 2. The lowest BCUT2D eigenvalue weighted by molar-refractivity contribution is 0.0951. The molecule has 6 nitrogen and oxygen atoms in total. The van der Waals surface area contributed by atoms with Crippen LogP contribution in [0.2, 0.25) is 0 Å². The molecule has 0 atom stereocenters. The maximum absolute atomic E-state index is 12.8. The molecule has 144 valence electrons. The van der Waals surface area contributed by atoms with Gasteiger partial charge in [-0.05, 0) is 28.8 Å². The first-order valence-corrected chi connectivity index (χ1v) is 9.45. The normalized spacial score (nSPS) is 13.4. The van der Waals surface area contributed by atoms with Crippen molar-refractivity contribution < 1.29 is 9.32 Å². The highest BCUT2D eigenvalue weighted by Crippen LogP contribution is 2.26. The van der Waals surface area contributed by atoms with E-state index in [1.807, 2.05) is 39.0 Å². The Hall–Kier alpha value is -2.99. The van der Waals surface area contributed by atoms with Gasteiger partial charge in [-0.2, -0.15) is 4.98 Å². The van der Waals surface area contributed by atoms with Crippen LogP contribution in [0.1, 0.15) is 53.6 Å². The standard InChI is InChI=1S/C22H24N4O2/c1-22(2,3)21-25-20(28-26-21)18-7-5-4-6-17(18)19(27)24-11-14-8-9-15-12-23-13-16(15)10-14/h4-10,23H,11-13H2,1-3H3,(H,24,27). The van der Waals surface area contributed by atoms with Gasteiger partial charge in [0.2, 0.25) is 0 Å². The minimum Gasteiger partial charge on any atom is -0.348 e. The molecule has 0 radical (unpaired) electrons. The molecule has 0 bridgehead atoms. The van der Waals surface area contributed by atoms with Gasteiger partial charge in [0.05, 0.1) is 11.1 Å². The van der Waals surface area contributed by atoms with Gasteiger partial charge in [-0.3, -0.25) is 4.79 Å². The summed E-state index contributed by atoms with van der Waals surface area (Å²) in [6, 6.07) is 13.6. The Morgan fingerprint density at radius 1 is 1.14 bits per heavy atom. The third kappa shape index (κ3) is 3.68. The van der Waals surface area contributed by atoms with Crippen LogP contribution in [-0.2, 0) is 25.0 Å². The van der Waals surface area contributed by atoms with Crippen molar-refractivity contribution in [3.05, 3.63) is 70.5 Å². The van der Waals surface area contributed by atoms with Gasteiger partial charge < -0.3 is 15.2 Å². The van der Waals surface area contributed by atoms with Crippen molar-refractivity contribution in [2.45, 2.75) is 45.8 Å². The second-order valence-corrected chi connectivity index (χ2v) is 8.11. The van der Waals surface area contributed by atoms with Gasteiger partial charge >= 0.3 is 0 Å². The van der Waals surface area contributed by atoms with Gasteiger partial charge in [-0.1, -0.05) is 56.3 Å². The fourth-order valence-electron chi connectivity index (χ4n) is 3.24. The van der Waals surface area contributed by atoms with Gasteiger partial charge in [0.15, 0.2) is 5.82 Å². The van der Waals surface area contributed by atoms with E-state index in [1.165, 1.54) is 11.1 Å². The lowest BCUT2D eigenvalue weighted by atomic mass is 9.96. The number of nitrogens with zero attached hydrogens (tertiary/aromatic N) is 2. The van der Waals surface area contributed by atoms with E-state index in [-0.39, 0.29) is 11.3 Å². The summed E-state index contributed by atoms with van der Waals surface area (Å²) in [6.45, 7) is 8.33. The van der Waals surface area contributed by atoms with Crippen molar-refractivity contribution in [2.24, 2.45) is 0 Å². The molecule has 0 saturated carbocycles. The smallest absolute Gasteiger partial charge is 0.258 e. The van der Waals surface area contributed by atoms with Crippen LogP contribution < -0.4 is 10.6 Å². The third-order valence-electron chi connectivity index (χ3n) is 4.85. The molecule has 2 N–H and O–H groups in total. The van der Waals surface area contributed by atoms with Gasteiger partial charge in [0, 0.05) is 25.0 Å². The Kier molecular flexibility index (Phi) is 4.73. The summed E-state index contributed by atoms with van der Waals surface area (Å²) >= 11 is 0. The van der Waals surface area contributed by atoms with E-state index in [4.69, 9.17) is 4.52 Å². The van der Waals surface area contributed by atoms with E-state index < -0.39 is 0 Å². The summed E-state index contributed by atoms with van der Waals surface area (Å²) in [5.74, 6) is 0.813. The van der Waals surface area contributed by atoms with Gasteiger partial charge in [-0.25, -0.2) is 0 Å². The Morgan fingerprint density at radius 3 is 2.71 bits per heavy atom. The zero-order valence-corrected chi connectivity index (χ0v) is 16.4. The maximum Gasteiger partial charge on any atom is 0.258 e. The lowest BCUT2D eigenvalue weighted by Crippen LogP contribution is -2.23. The molecule has 0 aliphatic carbocycles. The largest absolute Gasteiger partial charge is 0.348 e. The van der Waals surface area contributed by atoms with Crippen molar-refractivity contribution in [3.8, 4) is 11.5 Å². The average Bonchev–Trinajstić information content (AvgIpc) is 3.34. The molecule has 1 aliphatic rings. The van der Waals surface area contributed by atoms with Crippen LogP contribution >= 0.6 is 0 Å². The molecule has 2 aromatic carbocycles. The van der Waals surface area contributed by atoms with E-state index in [0.717, 1.165) is 18.7 Å². The van der Waals surface area contributed by atoms with Crippen LogP contribution in [0.25, 0.3) is 11.5 Å². The Balaban J connectivity index is 1.53. The van der Waals surface area contributed by atoms with Crippen molar-refractivity contribution in [1.29, 1.82) is 0 Å². The van der Waals surface area contributed by atoms with Gasteiger partial charge in [0.25, 0.3) is 11.8 Å². The summed E-state index contributed by atoms with van der Waals surface area (Å²) < 4.78 is 5.43. The summed E-state index contributed by atoms with van der Waals surface area (Å²) in [5, 5.41) is 10.4. The molecule has 0 saturated heterocycles. The molecule has 4 rings (SSSR count). The number of amides is 1. The molecule has 3 aromatic rings. The first-order valence-electron chi connectivity index (χ1n) is 9.45. The van der Waals surface area contributed by atoms with Gasteiger partial charge in [-0.15, -0.1) is 0 Å². The summed E-state index contributed by atoms with van der Waals surface area (Å²) in [5.41, 5.74) is 4.65. The summed E-state index contributed by atoms with van der Waals surface area (Å²) in [6.07, 6.45) is 0. The predicted octanol–water partition coefficient (Wildman–Crippen LogP) is 3.57. The highest BCUT2D eigenvalue weighted by atomic mass is 16.5. The van der Waals surface area contributed by atoms with E-state index in [9.17, 15) is 4.79 Å². The predicted molar refractivity (Wildman–Crippen MR) is 107 cm³/mol. The molecule has 0 fully saturated rings. The number of carbonyl (C=O) groups excluding carboxylic acids is 1. The third-order valence-corrected chi connectivity index (χ3v) is 4.85. The lowest BCUT2D eigenvalue weighted by Gasteiger charge is -2.11. The molecule has 1 aliphatic heterocycles. The second-order valence-electron chi connectivity index (χ2n) is 8.11. The molecule has 0 spiro atoms. The Labute approximate surface area is 164 Å². The van der Waals surface area contributed by atoms with Gasteiger partial charge in [0.1, 0.15) is 0 Å². The van der Waals surface area contributed by atoms with Crippen LogP contribution in [0.4, 0.5) is 0 Å². The minimum absolute atomic E-state index is 0.162. The van der Waals surface area contributed by atoms with Crippen LogP contribution in [0.3, 0.4) is 0 Å². The van der Waals surface area contributed by atoms with Crippen LogP contribution in [0.5, 0.6) is 0 Å². The van der Waals surface area contributed by atoms with Crippen molar-refractivity contribution in [2.75, 3.05) is 0 Å². The number of benzene rings is 2. The van der Waals surface area contributed by atoms with Crippen molar-refractivity contribution in [1.82, 2.24) is 20.8 Å². The fraction of sp³-hybridized carbons (Fsp3) is 0.318. The van der Waals surface area contributed by atoms with Crippen LogP contribution in [0, 0.1) is 0 Å². The van der Waals surface area contributed by atoms with E-state index in [0.29, 0.717) is 29.4 Å². The highest BCUT2D eigenvalue weighted by Gasteiger charge is 2.23. The quantitative estimate of drug-likeness (QED) is 0.728. The molecule has 1 aromatic heterocycles. The molecule has 0 unspecified atom stereocenters. The van der Waals surface area contributed by atoms with E-state index in [1.54, 1.807) is 6.07 Å².